The van der Waals surface area contributed by atoms with Gasteiger partial charge in [-0.05, 0) is 38.6 Å². The molecule has 2 rings (SSSR count). The lowest BCUT2D eigenvalue weighted by Crippen LogP contribution is -2.12. The number of aromatic nitrogens is 2. The van der Waals surface area contributed by atoms with Gasteiger partial charge in [0.2, 0.25) is 0 Å². The van der Waals surface area contributed by atoms with E-state index in [9.17, 15) is 4.79 Å². The number of aromatic amines is 1. The molecule has 0 amide bonds. The molecule has 106 valence electrons. The number of nitrogens with zero attached hydrogens (tertiary/aromatic N) is 1. The summed E-state index contributed by atoms with van der Waals surface area (Å²) >= 11 is 5.03. The Morgan fingerprint density at radius 2 is 2.15 bits per heavy atom. The number of benzene rings is 1. The summed E-state index contributed by atoms with van der Waals surface area (Å²) in [7, 11) is 1.93. The number of rotatable bonds is 4. The molecule has 1 atom stereocenters. The van der Waals surface area contributed by atoms with E-state index >= 15 is 0 Å². The summed E-state index contributed by atoms with van der Waals surface area (Å²) in [6, 6.07) is 7.90. The lowest BCUT2D eigenvalue weighted by Gasteiger charge is -2.13. The maximum atomic E-state index is 11.4. The highest BCUT2D eigenvalue weighted by Crippen LogP contribution is 2.31. The Bertz CT molecular complexity index is 672. The first-order valence-electron chi connectivity index (χ1n) is 6.22. The van der Waals surface area contributed by atoms with Crippen LogP contribution in [0.4, 0.5) is 0 Å². The second-order valence-corrected chi connectivity index (χ2v) is 6.40. The third kappa shape index (κ3) is 3.71. The van der Waals surface area contributed by atoms with E-state index in [1.54, 1.807) is 0 Å². The SMILES string of the molecule is CNC(C)c1ccc(Sc2nc(C)cc(=O)[nH]2)cc1Br. The molecule has 0 aliphatic carbocycles. The largest absolute Gasteiger partial charge is 0.313 e. The van der Waals surface area contributed by atoms with Crippen molar-refractivity contribution < 1.29 is 0 Å². The number of nitrogens with one attached hydrogen (secondary N) is 2. The van der Waals surface area contributed by atoms with Gasteiger partial charge in [0.25, 0.3) is 5.56 Å². The van der Waals surface area contributed by atoms with E-state index in [1.165, 1.54) is 23.4 Å². The molecule has 6 heteroatoms. The minimum atomic E-state index is -0.125. The van der Waals surface area contributed by atoms with Crippen molar-refractivity contribution in [3.63, 3.8) is 0 Å². The first-order chi connectivity index (χ1) is 9.49. The molecule has 0 fully saturated rings. The highest BCUT2D eigenvalue weighted by atomic mass is 79.9. The molecular weight excluding hydrogens is 338 g/mol. The molecule has 0 radical (unpaired) electrons. The molecule has 0 saturated heterocycles. The van der Waals surface area contributed by atoms with E-state index in [4.69, 9.17) is 0 Å². The van der Waals surface area contributed by atoms with Gasteiger partial charge in [-0.2, -0.15) is 0 Å². The lowest BCUT2D eigenvalue weighted by atomic mass is 10.1. The fraction of sp³-hybridized carbons (Fsp3) is 0.286. The number of hydrogen-bond donors (Lipinski definition) is 2. The molecule has 0 bridgehead atoms. The third-order valence-electron chi connectivity index (χ3n) is 2.93. The lowest BCUT2D eigenvalue weighted by molar-refractivity contribution is 0.649. The van der Waals surface area contributed by atoms with Gasteiger partial charge in [0.05, 0.1) is 0 Å². The summed E-state index contributed by atoms with van der Waals surface area (Å²) in [6.07, 6.45) is 0. The molecule has 1 unspecified atom stereocenters. The van der Waals surface area contributed by atoms with Gasteiger partial charge in [-0.3, -0.25) is 4.79 Å². The van der Waals surface area contributed by atoms with Crippen molar-refractivity contribution in [2.45, 2.75) is 29.9 Å². The highest BCUT2D eigenvalue weighted by Gasteiger charge is 2.09. The van der Waals surface area contributed by atoms with Gasteiger partial charge >= 0.3 is 0 Å². The fourth-order valence-corrected chi connectivity index (χ4v) is 3.54. The Kier molecular flexibility index (Phi) is 5.01. The Labute approximate surface area is 130 Å². The van der Waals surface area contributed by atoms with E-state index in [0.717, 1.165) is 15.1 Å². The topological polar surface area (TPSA) is 57.8 Å². The van der Waals surface area contributed by atoms with E-state index in [2.05, 4.69) is 44.2 Å². The monoisotopic (exact) mass is 353 g/mol. The van der Waals surface area contributed by atoms with Crippen LogP contribution >= 0.6 is 27.7 Å². The Balaban J connectivity index is 2.26. The average molecular weight is 354 g/mol. The van der Waals surface area contributed by atoms with Crippen LogP contribution in [0.25, 0.3) is 0 Å². The third-order valence-corrected chi connectivity index (χ3v) is 4.50. The van der Waals surface area contributed by atoms with E-state index < -0.39 is 0 Å². The van der Waals surface area contributed by atoms with Gasteiger partial charge in [0.15, 0.2) is 5.16 Å². The summed E-state index contributed by atoms with van der Waals surface area (Å²) in [5.41, 5.74) is 1.79. The van der Waals surface area contributed by atoms with Crippen LogP contribution in [0.3, 0.4) is 0 Å². The zero-order valence-corrected chi connectivity index (χ0v) is 13.9. The average Bonchev–Trinajstić information content (AvgIpc) is 2.36. The molecule has 2 N–H and O–H groups in total. The van der Waals surface area contributed by atoms with Gasteiger partial charge in [-0.25, -0.2) is 4.98 Å². The second-order valence-electron chi connectivity index (χ2n) is 4.49. The van der Waals surface area contributed by atoms with Crippen molar-refractivity contribution in [2.24, 2.45) is 0 Å². The Hall–Kier alpha value is -1.11. The second kappa shape index (κ2) is 6.56. The van der Waals surface area contributed by atoms with Crippen molar-refractivity contribution in [1.29, 1.82) is 0 Å². The van der Waals surface area contributed by atoms with E-state index in [1.807, 2.05) is 26.1 Å². The van der Waals surface area contributed by atoms with Crippen LogP contribution < -0.4 is 10.9 Å². The maximum absolute atomic E-state index is 11.4. The highest BCUT2D eigenvalue weighted by molar-refractivity contribution is 9.10. The molecule has 1 aromatic heterocycles. The number of halogens is 1. The predicted octanol–water partition coefficient (Wildman–Crippen LogP) is 3.27. The molecule has 1 heterocycles. The summed E-state index contributed by atoms with van der Waals surface area (Å²) < 4.78 is 1.04. The van der Waals surface area contributed by atoms with Gasteiger partial charge in [0, 0.05) is 27.2 Å². The molecule has 0 saturated carbocycles. The van der Waals surface area contributed by atoms with Crippen molar-refractivity contribution in [3.05, 3.63) is 50.3 Å². The van der Waals surface area contributed by atoms with Gasteiger partial charge in [-0.1, -0.05) is 33.8 Å². The molecular formula is C14H16BrN3OS. The smallest absolute Gasteiger partial charge is 0.251 e. The minimum absolute atomic E-state index is 0.125. The zero-order valence-electron chi connectivity index (χ0n) is 11.5. The van der Waals surface area contributed by atoms with Crippen molar-refractivity contribution >= 4 is 27.7 Å². The van der Waals surface area contributed by atoms with Gasteiger partial charge in [0.1, 0.15) is 0 Å². The van der Waals surface area contributed by atoms with Crippen molar-refractivity contribution in [2.75, 3.05) is 7.05 Å². The normalized spacial score (nSPS) is 12.4. The molecule has 20 heavy (non-hydrogen) atoms. The maximum Gasteiger partial charge on any atom is 0.251 e. The predicted molar refractivity (Wildman–Crippen MR) is 85.3 cm³/mol. The molecule has 2 aromatic rings. The van der Waals surface area contributed by atoms with Crippen molar-refractivity contribution in [1.82, 2.24) is 15.3 Å². The summed E-state index contributed by atoms with van der Waals surface area (Å²) in [6.45, 7) is 3.92. The molecule has 0 aliphatic rings. The zero-order chi connectivity index (χ0) is 14.7. The van der Waals surface area contributed by atoms with E-state index in [0.29, 0.717) is 5.16 Å². The minimum Gasteiger partial charge on any atom is -0.313 e. The van der Waals surface area contributed by atoms with E-state index in [-0.39, 0.29) is 11.6 Å². The Morgan fingerprint density at radius 3 is 2.75 bits per heavy atom. The summed E-state index contributed by atoms with van der Waals surface area (Å²) in [5.74, 6) is 0. The quantitative estimate of drug-likeness (QED) is 0.828. The first-order valence-corrected chi connectivity index (χ1v) is 7.83. The van der Waals surface area contributed by atoms with Crippen LogP contribution in [0.5, 0.6) is 0 Å². The molecule has 4 nitrogen and oxygen atoms in total. The molecule has 0 aliphatic heterocycles. The van der Waals surface area contributed by atoms with Crippen LogP contribution in [0.2, 0.25) is 0 Å². The fourth-order valence-electron chi connectivity index (χ4n) is 1.79. The Morgan fingerprint density at radius 1 is 1.40 bits per heavy atom. The van der Waals surface area contributed by atoms with Gasteiger partial charge in [-0.15, -0.1) is 0 Å². The van der Waals surface area contributed by atoms with Crippen molar-refractivity contribution in [3.8, 4) is 0 Å². The van der Waals surface area contributed by atoms with Crippen LogP contribution in [-0.4, -0.2) is 17.0 Å². The summed E-state index contributed by atoms with van der Waals surface area (Å²) in [4.78, 5) is 19.5. The number of aryl methyl sites for hydroxylation is 1. The standard InChI is InChI=1S/C14H16BrN3OS/c1-8-6-13(19)18-14(17-8)20-10-4-5-11(9(2)16-3)12(15)7-10/h4-7,9,16H,1-3H3,(H,17,18,19). The number of H-pyrrole nitrogens is 1. The van der Waals surface area contributed by atoms with Crippen LogP contribution in [0.1, 0.15) is 24.2 Å². The first kappa shape index (κ1) is 15.3. The molecule has 1 aromatic carbocycles. The number of hydrogen-bond acceptors (Lipinski definition) is 4. The summed E-state index contributed by atoms with van der Waals surface area (Å²) in [5, 5.41) is 3.82. The van der Waals surface area contributed by atoms with Crippen LogP contribution in [-0.2, 0) is 0 Å². The van der Waals surface area contributed by atoms with Gasteiger partial charge < -0.3 is 10.3 Å². The molecule has 0 spiro atoms. The van der Waals surface area contributed by atoms with Crippen LogP contribution in [0.15, 0.2) is 43.6 Å². The van der Waals surface area contributed by atoms with Crippen LogP contribution in [0, 0.1) is 6.92 Å².